The first-order valence-corrected chi connectivity index (χ1v) is 10.3. The smallest absolute Gasteiger partial charge is 0.346 e. The molecule has 3 aromatic rings. The van der Waals surface area contributed by atoms with Crippen LogP contribution >= 0.6 is 0 Å². The summed E-state index contributed by atoms with van der Waals surface area (Å²) in [6, 6.07) is 16.1. The maximum absolute atomic E-state index is 14.0. The van der Waals surface area contributed by atoms with Crippen LogP contribution in [0.1, 0.15) is 56.7 Å². The standard InChI is InChI=1S/C26H21FO7/c1-15-10-11-20(22(12-15)25(30)31)26(32)34-24(29)14-21(17-6-5-7-18(27)13-17)19-8-3-4-9-23(19)33-16(2)28/h3-13,21H,14H2,1-2H3,(H,30,31). The number of carboxylic acids is 1. The van der Waals surface area contributed by atoms with E-state index in [0.717, 1.165) is 0 Å². The van der Waals surface area contributed by atoms with Gasteiger partial charge in [-0.15, -0.1) is 0 Å². The Kier molecular flexibility index (Phi) is 7.53. The van der Waals surface area contributed by atoms with Crippen molar-refractivity contribution >= 4 is 23.9 Å². The third-order valence-corrected chi connectivity index (χ3v) is 5.00. The van der Waals surface area contributed by atoms with Crippen LogP contribution in [0.3, 0.4) is 0 Å². The van der Waals surface area contributed by atoms with E-state index in [-0.39, 0.29) is 16.9 Å². The van der Waals surface area contributed by atoms with E-state index < -0.39 is 42.0 Å². The lowest BCUT2D eigenvalue weighted by molar-refractivity contribution is -0.138. The molecule has 1 unspecified atom stereocenters. The van der Waals surface area contributed by atoms with Crippen LogP contribution in [0.15, 0.2) is 66.7 Å². The van der Waals surface area contributed by atoms with Crippen LogP contribution in [0.4, 0.5) is 4.39 Å². The van der Waals surface area contributed by atoms with Gasteiger partial charge in [-0.2, -0.15) is 0 Å². The molecule has 0 saturated carbocycles. The van der Waals surface area contributed by atoms with E-state index in [4.69, 9.17) is 9.47 Å². The summed E-state index contributed by atoms with van der Waals surface area (Å²) in [5.41, 5.74) is 0.863. The van der Waals surface area contributed by atoms with E-state index in [1.807, 2.05) is 0 Å². The topological polar surface area (TPSA) is 107 Å². The molecule has 0 aliphatic carbocycles. The fraction of sp³-hybridized carbons (Fsp3) is 0.154. The van der Waals surface area contributed by atoms with Gasteiger partial charge < -0.3 is 14.6 Å². The third-order valence-electron chi connectivity index (χ3n) is 5.00. The summed E-state index contributed by atoms with van der Waals surface area (Å²) in [7, 11) is 0. The van der Waals surface area contributed by atoms with Crippen LogP contribution < -0.4 is 4.74 Å². The van der Waals surface area contributed by atoms with Crippen molar-refractivity contribution in [1.29, 1.82) is 0 Å². The van der Waals surface area contributed by atoms with Crippen LogP contribution in [0.25, 0.3) is 0 Å². The average molecular weight is 464 g/mol. The quantitative estimate of drug-likeness (QED) is 0.308. The number of benzene rings is 3. The van der Waals surface area contributed by atoms with Crippen molar-refractivity contribution in [3.05, 3.63) is 100 Å². The van der Waals surface area contributed by atoms with E-state index in [0.29, 0.717) is 16.7 Å². The number of hydrogen-bond donors (Lipinski definition) is 1. The van der Waals surface area contributed by atoms with E-state index in [1.54, 1.807) is 31.2 Å². The van der Waals surface area contributed by atoms with Crippen LogP contribution in [-0.4, -0.2) is 29.0 Å². The number of ether oxygens (including phenoxy) is 2. The van der Waals surface area contributed by atoms with Crippen LogP contribution in [0.5, 0.6) is 5.75 Å². The Labute approximate surface area is 194 Å². The van der Waals surface area contributed by atoms with Gasteiger partial charge >= 0.3 is 23.9 Å². The van der Waals surface area contributed by atoms with Gasteiger partial charge in [0.05, 0.1) is 17.5 Å². The number of carboxylic acid groups (broad SMARTS) is 1. The number of hydrogen-bond acceptors (Lipinski definition) is 6. The summed E-state index contributed by atoms with van der Waals surface area (Å²) in [4.78, 5) is 48.4. The zero-order valence-electron chi connectivity index (χ0n) is 18.4. The first-order valence-electron chi connectivity index (χ1n) is 10.3. The van der Waals surface area contributed by atoms with Gasteiger partial charge in [0.25, 0.3) is 0 Å². The molecule has 1 atom stereocenters. The van der Waals surface area contributed by atoms with Gasteiger partial charge in [-0.05, 0) is 42.8 Å². The Bertz CT molecular complexity index is 1270. The molecule has 0 saturated heterocycles. The summed E-state index contributed by atoms with van der Waals surface area (Å²) >= 11 is 0. The minimum absolute atomic E-state index is 0.176. The van der Waals surface area contributed by atoms with E-state index >= 15 is 0 Å². The van der Waals surface area contributed by atoms with Gasteiger partial charge in [0.1, 0.15) is 11.6 Å². The molecule has 7 nitrogen and oxygen atoms in total. The highest BCUT2D eigenvalue weighted by molar-refractivity contribution is 6.05. The average Bonchev–Trinajstić information content (AvgIpc) is 2.77. The minimum atomic E-state index is -1.34. The molecule has 0 radical (unpaired) electrons. The molecule has 0 heterocycles. The Morgan fingerprint density at radius 1 is 0.941 bits per heavy atom. The molecule has 0 aliphatic rings. The number of halogens is 1. The number of rotatable bonds is 7. The van der Waals surface area contributed by atoms with Crippen molar-refractivity contribution in [3.8, 4) is 5.75 Å². The Hall–Kier alpha value is -4.33. The highest BCUT2D eigenvalue weighted by Crippen LogP contribution is 2.35. The number of carbonyl (C=O) groups excluding carboxylic acids is 3. The number of para-hydroxylation sites is 1. The van der Waals surface area contributed by atoms with Crippen molar-refractivity contribution in [2.75, 3.05) is 0 Å². The molecule has 34 heavy (non-hydrogen) atoms. The third kappa shape index (κ3) is 5.92. The van der Waals surface area contributed by atoms with E-state index in [2.05, 4.69) is 0 Å². The largest absolute Gasteiger partial charge is 0.478 e. The highest BCUT2D eigenvalue weighted by atomic mass is 19.1. The zero-order valence-corrected chi connectivity index (χ0v) is 18.4. The summed E-state index contributed by atoms with van der Waals surface area (Å²) in [6.07, 6.45) is -0.401. The molecule has 174 valence electrons. The number of aromatic carboxylic acids is 1. The predicted octanol–water partition coefficient (Wildman–Crippen LogP) is 4.66. The molecular formula is C26H21FO7. The van der Waals surface area contributed by atoms with Crippen LogP contribution in [-0.2, 0) is 14.3 Å². The fourth-order valence-electron chi connectivity index (χ4n) is 3.53. The molecule has 3 aromatic carbocycles. The minimum Gasteiger partial charge on any atom is -0.478 e. The monoisotopic (exact) mass is 464 g/mol. The molecule has 0 spiro atoms. The fourth-order valence-corrected chi connectivity index (χ4v) is 3.53. The summed E-state index contributed by atoms with van der Waals surface area (Å²) in [5.74, 6) is -5.18. The molecule has 0 fully saturated rings. The lowest BCUT2D eigenvalue weighted by atomic mass is 9.88. The zero-order chi connectivity index (χ0) is 24.8. The summed E-state index contributed by atoms with van der Waals surface area (Å²) < 4.78 is 24.2. The number of esters is 3. The van der Waals surface area contributed by atoms with Gasteiger partial charge in [0, 0.05) is 18.4 Å². The van der Waals surface area contributed by atoms with Crippen molar-refractivity contribution < 1.29 is 38.1 Å². The predicted molar refractivity (Wildman–Crippen MR) is 119 cm³/mol. The van der Waals surface area contributed by atoms with Crippen molar-refractivity contribution in [3.63, 3.8) is 0 Å². The van der Waals surface area contributed by atoms with Crippen LogP contribution in [0, 0.1) is 12.7 Å². The maximum atomic E-state index is 14.0. The lowest BCUT2D eigenvalue weighted by Crippen LogP contribution is -2.19. The van der Waals surface area contributed by atoms with Gasteiger partial charge in [-0.3, -0.25) is 9.59 Å². The van der Waals surface area contributed by atoms with Gasteiger partial charge in [0.15, 0.2) is 0 Å². The van der Waals surface area contributed by atoms with E-state index in [1.165, 1.54) is 49.4 Å². The van der Waals surface area contributed by atoms with Crippen LogP contribution in [0.2, 0.25) is 0 Å². The second-order valence-electron chi connectivity index (χ2n) is 7.56. The molecular weight excluding hydrogens is 443 g/mol. The second kappa shape index (κ2) is 10.5. The van der Waals surface area contributed by atoms with Crippen molar-refractivity contribution in [2.24, 2.45) is 0 Å². The molecule has 0 amide bonds. The first-order chi connectivity index (χ1) is 16.2. The molecule has 0 bridgehead atoms. The Morgan fingerprint density at radius 2 is 1.68 bits per heavy atom. The Morgan fingerprint density at radius 3 is 2.35 bits per heavy atom. The van der Waals surface area contributed by atoms with Gasteiger partial charge in [-0.1, -0.05) is 42.0 Å². The van der Waals surface area contributed by atoms with Gasteiger partial charge in [0.2, 0.25) is 0 Å². The van der Waals surface area contributed by atoms with Crippen molar-refractivity contribution in [1.82, 2.24) is 0 Å². The molecule has 3 rings (SSSR count). The summed E-state index contributed by atoms with van der Waals surface area (Å²) in [5, 5.41) is 9.37. The molecule has 0 aliphatic heterocycles. The second-order valence-corrected chi connectivity index (χ2v) is 7.56. The number of aryl methyl sites for hydroxylation is 1. The lowest BCUT2D eigenvalue weighted by Gasteiger charge is -2.20. The first kappa shape index (κ1) is 24.3. The van der Waals surface area contributed by atoms with Crippen molar-refractivity contribution in [2.45, 2.75) is 26.2 Å². The molecule has 8 heteroatoms. The Balaban J connectivity index is 1.93. The SMILES string of the molecule is CC(=O)Oc1ccccc1C(CC(=O)OC(=O)c1ccc(C)cc1C(=O)O)c1cccc(F)c1. The number of carbonyl (C=O) groups is 4. The highest BCUT2D eigenvalue weighted by Gasteiger charge is 2.26. The van der Waals surface area contributed by atoms with Gasteiger partial charge in [-0.25, -0.2) is 14.0 Å². The summed E-state index contributed by atoms with van der Waals surface area (Å²) in [6.45, 7) is 2.89. The molecule has 0 aromatic heterocycles. The maximum Gasteiger partial charge on any atom is 0.346 e. The van der Waals surface area contributed by atoms with E-state index in [9.17, 15) is 28.7 Å². The normalized spacial score (nSPS) is 11.4. The molecule has 1 N–H and O–H groups in total.